The molecule has 2 amide bonds. The third-order valence-electron chi connectivity index (χ3n) is 7.58. The number of benzene rings is 3. The number of aliphatic hydroxyl groups excluding tert-OH is 1. The number of nitriles is 1. The van der Waals surface area contributed by atoms with E-state index in [9.17, 15) is 23.6 Å². The molecule has 3 aromatic carbocycles. The summed E-state index contributed by atoms with van der Waals surface area (Å²) >= 11 is 0. The van der Waals surface area contributed by atoms with Crippen LogP contribution in [0.5, 0.6) is 11.5 Å². The number of para-hydroxylation sites is 1. The minimum atomic E-state index is -4.54. The Kier molecular flexibility index (Phi) is 7.78. The number of likely N-dealkylation sites (tertiary alicyclic amines) is 1. The number of hydrogen-bond donors (Lipinski definition) is 1. The molecule has 0 saturated carbocycles. The molecule has 0 bridgehead atoms. The molecule has 13 heteroatoms. The van der Waals surface area contributed by atoms with Crippen LogP contribution in [0.4, 0.5) is 10.5 Å². The number of β-amino-alcohol motifs (C(OH)–C–C–N with tert-alkyl or cyclic N) is 1. The number of hydrogen-bond acceptors (Lipinski definition) is 10. The van der Waals surface area contributed by atoms with Gasteiger partial charge in [-0.25, -0.2) is 22.4 Å². The Bertz CT molecular complexity index is 1720. The molecule has 2 aliphatic heterocycles. The van der Waals surface area contributed by atoms with E-state index in [0.717, 1.165) is 0 Å². The number of ether oxygens (including phenoxy) is 3. The van der Waals surface area contributed by atoms with Gasteiger partial charge in [0.1, 0.15) is 11.5 Å². The minimum absolute atomic E-state index is 0.00444. The molecule has 0 spiro atoms. The molecule has 43 heavy (non-hydrogen) atoms. The Hall–Kier alpha value is -4.64. The van der Waals surface area contributed by atoms with Crippen LogP contribution >= 0.6 is 0 Å². The number of fused-ring (bicyclic) bond motifs is 1. The van der Waals surface area contributed by atoms with Gasteiger partial charge in [0.05, 0.1) is 42.5 Å². The van der Waals surface area contributed by atoms with Gasteiger partial charge in [-0.15, -0.1) is 0 Å². The molecule has 3 aromatic rings. The average molecular weight is 607 g/mol. The van der Waals surface area contributed by atoms with E-state index >= 15 is 4.79 Å². The van der Waals surface area contributed by atoms with Crippen LogP contribution in [0.25, 0.3) is 0 Å². The predicted octanol–water partition coefficient (Wildman–Crippen LogP) is 2.65. The third kappa shape index (κ3) is 4.73. The van der Waals surface area contributed by atoms with Crippen molar-refractivity contribution < 1.29 is 37.3 Å². The van der Waals surface area contributed by atoms with Gasteiger partial charge in [-0.1, -0.05) is 18.2 Å². The summed E-state index contributed by atoms with van der Waals surface area (Å²) < 4.78 is 45.8. The summed E-state index contributed by atoms with van der Waals surface area (Å²) in [6.07, 6.45) is -2.96. The summed E-state index contributed by atoms with van der Waals surface area (Å²) in [5.74, 6) is -0.254. The standard InChI is InChI=1S/C30H30N4O8S/c1-32(2)29(37)42-27-16-20(35)18-33(27)30(23-7-5-6-8-26(23)41-4)24-15-19(17-31)9-14-25(24)34(28(30)36)43(38,39)22-12-10-21(40-3)11-13-22/h5-15,20,27,35H,16,18H2,1-4H3/t20-,27+,30?/m1/s1. The fraction of sp³-hybridized carbons (Fsp3) is 0.300. The highest BCUT2D eigenvalue weighted by molar-refractivity contribution is 7.93. The van der Waals surface area contributed by atoms with E-state index in [1.165, 1.54) is 80.6 Å². The first kappa shape index (κ1) is 29.8. The molecular formula is C30H30N4O8S. The molecular weight excluding hydrogens is 576 g/mol. The number of sulfonamides is 1. The van der Waals surface area contributed by atoms with Crippen LogP contribution < -0.4 is 13.8 Å². The third-order valence-corrected chi connectivity index (χ3v) is 9.30. The molecule has 1 saturated heterocycles. The number of amides is 2. The van der Waals surface area contributed by atoms with Crippen molar-refractivity contribution in [1.82, 2.24) is 9.80 Å². The van der Waals surface area contributed by atoms with Gasteiger partial charge in [-0.2, -0.15) is 5.26 Å². The summed E-state index contributed by atoms with van der Waals surface area (Å²) in [4.78, 5) is 30.3. The van der Waals surface area contributed by atoms with Crippen molar-refractivity contribution in [1.29, 1.82) is 5.26 Å². The molecule has 0 radical (unpaired) electrons. The maximum atomic E-state index is 15.1. The van der Waals surface area contributed by atoms with E-state index in [4.69, 9.17) is 14.2 Å². The van der Waals surface area contributed by atoms with Crippen LogP contribution in [-0.2, 0) is 25.1 Å². The second kappa shape index (κ2) is 11.2. The zero-order valence-electron chi connectivity index (χ0n) is 23.9. The smallest absolute Gasteiger partial charge is 0.410 e. The number of carbonyl (C=O) groups excluding carboxylic acids is 2. The molecule has 1 fully saturated rings. The lowest BCUT2D eigenvalue weighted by Crippen LogP contribution is -2.57. The summed E-state index contributed by atoms with van der Waals surface area (Å²) in [7, 11) is 1.30. The maximum Gasteiger partial charge on any atom is 0.410 e. The number of methoxy groups -OCH3 is 2. The van der Waals surface area contributed by atoms with Crippen molar-refractivity contribution in [2.75, 3.05) is 39.2 Å². The van der Waals surface area contributed by atoms with Crippen LogP contribution in [-0.4, -0.2) is 82.5 Å². The fourth-order valence-electron chi connectivity index (χ4n) is 5.64. The first-order valence-electron chi connectivity index (χ1n) is 13.2. The molecule has 1 N–H and O–H groups in total. The quantitative estimate of drug-likeness (QED) is 0.425. The average Bonchev–Trinajstić information content (AvgIpc) is 3.50. The Morgan fingerprint density at radius 1 is 1.05 bits per heavy atom. The van der Waals surface area contributed by atoms with E-state index in [-0.39, 0.29) is 46.0 Å². The maximum absolute atomic E-state index is 15.1. The van der Waals surface area contributed by atoms with Crippen LogP contribution in [0.2, 0.25) is 0 Å². The molecule has 5 rings (SSSR count). The largest absolute Gasteiger partial charge is 0.497 e. The van der Waals surface area contributed by atoms with Crippen molar-refractivity contribution in [3.05, 3.63) is 83.4 Å². The highest BCUT2D eigenvalue weighted by Gasteiger charge is 2.63. The predicted molar refractivity (Wildman–Crippen MR) is 154 cm³/mol. The first-order chi connectivity index (χ1) is 20.5. The molecule has 0 aliphatic carbocycles. The number of nitrogens with zero attached hydrogens (tertiary/aromatic N) is 4. The van der Waals surface area contributed by atoms with Crippen molar-refractivity contribution in [3.63, 3.8) is 0 Å². The topological polar surface area (TPSA) is 150 Å². The monoisotopic (exact) mass is 606 g/mol. The zero-order valence-corrected chi connectivity index (χ0v) is 24.7. The first-order valence-corrected chi connectivity index (χ1v) is 14.7. The number of rotatable bonds is 7. The Balaban J connectivity index is 1.83. The van der Waals surface area contributed by atoms with E-state index in [1.54, 1.807) is 24.3 Å². The fourth-order valence-corrected chi connectivity index (χ4v) is 7.10. The number of anilines is 1. The normalized spacial score (nSPS) is 21.7. The van der Waals surface area contributed by atoms with Gasteiger partial charge in [0.2, 0.25) is 0 Å². The summed E-state index contributed by atoms with van der Waals surface area (Å²) in [6, 6.07) is 18.5. The Labute approximate surface area is 249 Å². The molecule has 12 nitrogen and oxygen atoms in total. The Morgan fingerprint density at radius 3 is 2.37 bits per heavy atom. The van der Waals surface area contributed by atoms with Gasteiger partial charge in [-0.3, -0.25) is 4.79 Å². The lowest BCUT2D eigenvalue weighted by Gasteiger charge is -2.41. The van der Waals surface area contributed by atoms with E-state index < -0.39 is 39.9 Å². The van der Waals surface area contributed by atoms with Crippen LogP contribution in [0, 0.1) is 11.3 Å². The lowest BCUT2D eigenvalue weighted by molar-refractivity contribution is -0.132. The molecule has 2 heterocycles. The molecule has 1 unspecified atom stereocenters. The van der Waals surface area contributed by atoms with E-state index in [1.807, 2.05) is 0 Å². The van der Waals surface area contributed by atoms with Gasteiger partial charge >= 0.3 is 6.09 Å². The zero-order chi connectivity index (χ0) is 31.1. The lowest BCUT2D eigenvalue weighted by atomic mass is 9.81. The highest BCUT2D eigenvalue weighted by Crippen LogP contribution is 2.54. The van der Waals surface area contributed by atoms with E-state index in [0.29, 0.717) is 10.1 Å². The van der Waals surface area contributed by atoms with Crippen molar-refractivity contribution in [2.24, 2.45) is 0 Å². The SMILES string of the molecule is COc1ccc(S(=O)(=O)N2C(=O)C(c3ccccc3OC)(N3C[C@H](O)C[C@@H]3OC(=O)N(C)C)c3cc(C#N)ccc32)cc1. The second-order valence-electron chi connectivity index (χ2n) is 10.3. The van der Waals surface area contributed by atoms with Crippen molar-refractivity contribution in [2.45, 2.75) is 29.2 Å². The van der Waals surface area contributed by atoms with Gasteiger partial charge < -0.3 is 24.2 Å². The van der Waals surface area contributed by atoms with Gasteiger partial charge in [0.25, 0.3) is 15.9 Å². The molecule has 3 atom stereocenters. The van der Waals surface area contributed by atoms with Gasteiger partial charge in [0.15, 0.2) is 11.8 Å². The molecule has 0 aromatic heterocycles. The van der Waals surface area contributed by atoms with Crippen molar-refractivity contribution >= 4 is 27.7 Å². The molecule has 224 valence electrons. The van der Waals surface area contributed by atoms with Crippen LogP contribution in [0.15, 0.2) is 71.6 Å². The molecule has 2 aliphatic rings. The van der Waals surface area contributed by atoms with Crippen molar-refractivity contribution in [3.8, 4) is 17.6 Å². The summed E-state index contributed by atoms with van der Waals surface area (Å²) in [6.45, 7) is -0.165. The van der Waals surface area contributed by atoms with E-state index in [2.05, 4.69) is 6.07 Å². The Morgan fingerprint density at radius 2 is 1.74 bits per heavy atom. The summed E-state index contributed by atoms with van der Waals surface area (Å²) in [5, 5.41) is 20.7. The number of carbonyl (C=O) groups is 2. The minimum Gasteiger partial charge on any atom is -0.497 e. The highest BCUT2D eigenvalue weighted by atomic mass is 32.2. The van der Waals surface area contributed by atoms with Gasteiger partial charge in [0, 0.05) is 38.2 Å². The number of aliphatic hydroxyl groups is 1. The summed E-state index contributed by atoms with van der Waals surface area (Å²) in [5.41, 5.74) is -1.44. The van der Waals surface area contributed by atoms with Gasteiger partial charge in [-0.05, 0) is 48.5 Å². The van der Waals surface area contributed by atoms with Crippen LogP contribution in [0.3, 0.4) is 0 Å². The van der Waals surface area contributed by atoms with Crippen LogP contribution in [0.1, 0.15) is 23.1 Å². The second-order valence-corrected chi connectivity index (χ2v) is 12.1.